The Balaban J connectivity index is 2.14. The van der Waals surface area contributed by atoms with Crippen LogP contribution in [0.5, 0.6) is 0 Å². The SMILES string of the molecule is NC(=S)NC(=O)CCCCC(=O)Nc1ccccc1. The second-order valence-corrected chi connectivity index (χ2v) is 4.47. The van der Waals surface area contributed by atoms with Gasteiger partial charge in [-0.3, -0.25) is 9.59 Å². The van der Waals surface area contributed by atoms with E-state index in [1.165, 1.54) is 0 Å². The molecule has 6 heteroatoms. The van der Waals surface area contributed by atoms with Gasteiger partial charge in [0.15, 0.2) is 5.11 Å². The summed E-state index contributed by atoms with van der Waals surface area (Å²) < 4.78 is 0. The predicted octanol–water partition coefficient (Wildman–Crippen LogP) is 1.55. The molecule has 0 aliphatic carbocycles. The van der Waals surface area contributed by atoms with Gasteiger partial charge in [-0.25, -0.2) is 0 Å². The first-order valence-electron chi connectivity index (χ1n) is 6.02. The third-order valence-corrected chi connectivity index (χ3v) is 2.48. The third kappa shape index (κ3) is 7.15. The second-order valence-electron chi connectivity index (χ2n) is 4.03. The van der Waals surface area contributed by atoms with Crippen LogP contribution in [0.2, 0.25) is 0 Å². The molecule has 5 nitrogen and oxygen atoms in total. The van der Waals surface area contributed by atoms with Crippen molar-refractivity contribution in [1.29, 1.82) is 0 Å². The van der Waals surface area contributed by atoms with E-state index in [1.807, 2.05) is 30.3 Å². The number of anilines is 1. The molecule has 1 aromatic rings. The van der Waals surface area contributed by atoms with Gasteiger partial charge in [0.2, 0.25) is 11.8 Å². The van der Waals surface area contributed by atoms with E-state index in [2.05, 4.69) is 22.9 Å². The zero-order valence-corrected chi connectivity index (χ0v) is 11.3. The van der Waals surface area contributed by atoms with Crippen molar-refractivity contribution in [1.82, 2.24) is 5.32 Å². The Morgan fingerprint density at radius 1 is 1.05 bits per heavy atom. The standard InChI is InChI=1S/C13H17N3O2S/c14-13(19)16-12(18)9-5-4-8-11(17)15-10-6-2-1-3-7-10/h1-3,6-7H,4-5,8-9H2,(H,15,17)(H3,14,16,18,19). The van der Waals surface area contributed by atoms with Crippen molar-refractivity contribution in [2.24, 2.45) is 5.73 Å². The largest absolute Gasteiger partial charge is 0.376 e. The number of carbonyl (C=O) groups is 2. The van der Waals surface area contributed by atoms with Crippen LogP contribution in [0.15, 0.2) is 30.3 Å². The molecule has 0 saturated heterocycles. The smallest absolute Gasteiger partial charge is 0.226 e. The minimum Gasteiger partial charge on any atom is -0.376 e. The van der Waals surface area contributed by atoms with E-state index < -0.39 is 0 Å². The van der Waals surface area contributed by atoms with Crippen molar-refractivity contribution in [2.75, 3.05) is 5.32 Å². The summed E-state index contributed by atoms with van der Waals surface area (Å²) >= 11 is 4.55. The summed E-state index contributed by atoms with van der Waals surface area (Å²) in [5.41, 5.74) is 5.94. The Kier molecular flexibility index (Phi) is 6.52. The Hall–Kier alpha value is -1.95. The molecule has 0 aliphatic rings. The maximum Gasteiger partial charge on any atom is 0.226 e. The minimum absolute atomic E-state index is 0.0215. The Bertz CT molecular complexity index is 448. The van der Waals surface area contributed by atoms with Gasteiger partial charge in [-0.2, -0.15) is 0 Å². The van der Waals surface area contributed by atoms with Crippen LogP contribution in [0, 0.1) is 0 Å². The lowest BCUT2D eigenvalue weighted by Gasteiger charge is -2.05. The topological polar surface area (TPSA) is 84.2 Å². The van der Waals surface area contributed by atoms with E-state index in [0.29, 0.717) is 25.7 Å². The fourth-order valence-corrected chi connectivity index (χ4v) is 1.63. The van der Waals surface area contributed by atoms with E-state index in [-0.39, 0.29) is 16.9 Å². The van der Waals surface area contributed by atoms with Crippen molar-refractivity contribution in [3.63, 3.8) is 0 Å². The summed E-state index contributed by atoms with van der Waals surface area (Å²) in [6.07, 6.45) is 1.96. The summed E-state index contributed by atoms with van der Waals surface area (Å²) in [5, 5.41) is 5.10. The van der Waals surface area contributed by atoms with Gasteiger partial charge >= 0.3 is 0 Å². The number of nitrogens with one attached hydrogen (secondary N) is 2. The van der Waals surface area contributed by atoms with Gasteiger partial charge in [0.25, 0.3) is 0 Å². The number of thiocarbonyl (C=S) groups is 1. The molecule has 0 radical (unpaired) electrons. The molecule has 102 valence electrons. The molecule has 0 unspecified atom stereocenters. The Labute approximate surface area is 117 Å². The maximum atomic E-state index is 11.6. The summed E-state index contributed by atoms with van der Waals surface area (Å²) in [4.78, 5) is 22.8. The molecule has 0 saturated carbocycles. The number of para-hydroxylation sites is 1. The normalized spacial score (nSPS) is 9.68. The lowest BCUT2D eigenvalue weighted by atomic mass is 10.2. The molecular weight excluding hydrogens is 262 g/mol. The van der Waals surface area contributed by atoms with Crippen molar-refractivity contribution < 1.29 is 9.59 Å². The van der Waals surface area contributed by atoms with Crippen LogP contribution >= 0.6 is 12.2 Å². The van der Waals surface area contributed by atoms with Gasteiger partial charge in [-0.15, -0.1) is 0 Å². The fourth-order valence-electron chi connectivity index (χ4n) is 1.52. The maximum absolute atomic E-state index is 11.6. The van der Waals surface area contributed by atoms with Crippen LogP contribution in [-0.2, 0) is 9.59 Å². The van der Waals surface area contributed by atoms with Crippen molar-refractivity contribution >= 4 is 34.8 Å². The van der Waals surface area contributed by atoms with E-state index >= 15 is 0 Å². The van der Waals surface area contributed by atoms with Gasteiger partial charge in [0, 0.05) is 18.5 Å². The molecule has 0 aromatic heterocycles. The first kappa shape index (κ1) is 15.1. The number of hydrogen-bond acceptors (Lipinski definition) is 3. The van der Waals surface area contributed by atoms with Crippen LogP contribution in [0.25, 0.3) is 0 Å². The number of amides is 2. The van der Waals surface area contributed by atoms with Crippen LogP contribution < -0.4 is 16.4 Å². The molecule has 2 amide bonds. The van der Waals surface area contributed by atoms with Crippen LogP contribution in [0.4, 0.5) is 5.69 Å². The lowest BCUT2D eigenvalue weighted by Crippen LogP contribution is -2.34. The highest BCUT2D eigenvalue weighted by atomic mass is 32.1. The second kappa shape index (κ2) is 8.20. The molecule has 19 heavy (non-hydrogen) atoms. The number of rotatable bonds is 6. The summed E-state index contributed by atoms with van der Waals surface area (Å²) in [6, 6.07) is 9.25. The van der Waals surface area contributed by atoms with Gasteiger partial charge in [-0.05, 0) is 37.2 Å². The third-order valence-electron chi connectivity index (χ3n) is 2.38. The quantitative estimate of drug-likeness (QED) is 0.545. The number of benzene rings is 1. The van der Waals surface area contributed by atoms with E-state index in [4.69, 9.17) is 5.73 Å². The van der Waals surface area contributed by atoms with Crippen LogP contribution in [0.3, 0.4) is 0 Å². The summed E-state index contributed by atoms with van der Waals surface area (Å²) in [6.45, 7) is 0. The minimum atomic E-state index is -0.212. The number of unbranched alkanes of at least 4 members (excludes halogenated alkanes) is 1. The molecule has 0 fully saturated rings. The predicted molar refractivity (Wildman–Crippen MR) is 78.5 cm³/mol. The Morgan fingerprint density at radius 3 is 2.21 bits per heavy atom. The van der Waals surface area contributed by atoms with Gasteiger partial charge < -0.3 is 16.4 Å². The van der Waals surface area contributed by atoms with E-state index in [9.17, 15) is 9.59 Å². The number of carbonyl (C=O) groups excluding carboxylic acids is 2. The van der Waals surface area contributed by atoms with Crippen molar-refractivity contribution in [3.8, 4) is 0 Å². The molecule has 0 heterocycles. The van der Waals surface area contributed by atoms with Crippen molar-refractivity contribution in [2.45, 2.75) is 25.7 Å². The molecule has 0 bridgehead atoms. The highest BCUT2D eigenvalue weighted by Gasteiger charge is 2.04. The first-order valence-corrected chi connectivity index (χ1v) is 6.43. The van der Waals surface area contributed by atoms with Gasteiger partial charge in [0.05, 0.1) is 0 Å². The molecule has 0 spiro atoms. The highest BCUT2D eigenvalue weighted by Crippen LogP contribution is 2.07. The molecule has 4 N–H and O–H groups in total. The van der Waals surface area contributed by atoms with Crippen LogP contribution in [-0.4, -0.2) is 16.9 Å². The zero-order chi connectivity index (χ0) is 14.1. The highest BCUT2D eigenvalue weighted by molar-refractivity contribution is 7.80. The number of nitrogens with two attached hydrogens (primary N) is 1. The van der Waals surface area contributed by atoms with Gasteiger partial charge in [-0.1, -0.05) is 18.2 Å². The van der Waals surface area contributed by atoms with E-state index in [1.54, 1.807) is 0 Å². The van der Waals surface area contributed by atoms with Gasteiger partial charge in [0.1, 0.15) is 0 Å². The zero-order valence-electron chi connectivity index (χ0n) is 10.5. The average Bonchev–Trinajstić information content (AvgIpc) is 2.35. The fraction of sp³-hybridized carbons (Fsp3) is 0.308. The summed E-state index contributed by atoms with van der Waals surface area (Å²) in [7, 11) is 0. The monoisotopic (exact) mass is 279 g/mol. The lowest BCUT2D eigenvalue weighted by molar-refractivity contribution is -0.120. The molecule has 1 rings (SSSR count). The molecule has 0 atom stereocenters. The molecule has 0 aliphatic heterocycles. The molecule has 1 aromatic carbocycles. The van der Waals surface area contributed by atoms with E-state index in [0.717, 1.165) is 5.69 Å². The summed E-state index contributed by atoms with van der Waals surface area (Å²) in [5.74, 6) is -0.267. The molecular formula is C13H17N3O2S. The number of hydrogen-bond donors (Lipinski definition) is 3. The Morgan fingerprint density at radius 2 is 1.63 bits per heavy atom. The average molecular weight is 279 g/mol. The van der Waals surface area contributed by atoms with Crippen molar-refractivity contribution in [3.05, 3.63) is 30.3 Å². The van der Waals surface area contributed by atoms with Crippen LogP contribution in [0.1, 0.15) is 25.7 Å². The first-order chi connectivity index (χ1) is 9.08.